The van der Waals surface area contributed by atoms with Gasteiger partial charge in [-0.1, -0.05) is 26.2 Å². The molecular weight excluding hydrogens is 376 g/mol. The number of hydrogen-bond acceptors (Lipinski definition) is 4. The highest BCUT2D eigenvalue weighted by Crippen LogP contribution is 2.21. The van der Waals surface area contributed by atoms with E-state index in [2.05, 4.69) is 17.2 Å². The first-order valence-corrected chi connectivity index (χ1v) is 11.3. The van der Waals surface area contributed by atoms with Crippen molar-refractivity contribution in [3.05, 3.63) is 24.0 Å². The fourth-order valence-corrected chi connectivity index (χ4v) is 4.09. The van der Waals surface area contributed by atoms with Crippen molar-refractivity contribution >= 4 is 27.0 Å². The molecule has 28 heavy (non-hydrogen) atoms. The number of unbranched alkanes of at least 4 members (excludes halogenated alkanes) is 2. The van der Waals surface area contributed by atoms with Crippen LogP contribution in [-0.2, 0) is 28.3 Å². The normalized spacial score (nSPS) is 13.2. The molecule has 0 radical (unpaired) electrons. The number of sulfonamides is 1. The average Bonchev–Trinajstić information content (AvgIpc) is 2.95. The van der Waals surface area contributed by atoms with E-state index < -0.39 is 10.0 Å². The number of imidazole rings is 1. The lowest BCUT2D eigenvalue weighted by atomic mass is 10.1. The fraction of sp³-hybridized carbons (Fsp3) is 0.600. The van der Waals surface area contributed by atoms with E-state index in [0.29, 0.717) is 18.4 Å². The van der Waals surface area contributed by atoms with Crippen molar-refractivity contribution in [2.45, 2.75) is 63.3 Å². The quantitative estimate of drug-likeness (QED) is 0.613. The molecule has 0 unspecified atom stereocenters. The number of nitrogens with zero attached hydrogens (tertiary/aromatic N) is 3. The minimum absolute atomic E-state index is 0.0203. The molecule has 2 rings (SSSR count). The maximum atomic E-state index is 12.3. The molecular formula is C20H32N4O3S. The minimum Gasteiger partial charge on any atom is -0.354 e. The molecule has 1 atom stereocenters. The Morgan fingerprint density at radius 1 is 1.29 bits per heavy atom. The van der Waals surface area contributed by atoms with Gasteiger partial charge in [0.05, 0.1) is 15.9 Å². The largest absolute Gasteiger partial charge is 0.354 e. The third-order valence-electron chi connectivity index (χ3n) is 4.95. The van der Waals surface area contributed by atoms with Crippen LogP contribution in [0.25, 0.3) is 11.0 Å². The SMILES string of the molecule is CCCCC[C@H](C)NC(=O)CCc1nc2cc(S(=O)(=O)N(C)C)ccc2n1C. The zero-order chi connectivity index (χ0) is 20.9. The summed E-state index contributed by atoms with van der Waals surface area (Å²) in [5.74, 6) is 0.787. The van der Waals surface area contributed by atoms with Crippen molar-refractivity contribution in [2.24, 2.45) is 7.05 Å². The summed E-state index contributed by atoms with van der Waals surface area (Å²) in [7, 11) is 1.39. The van der Waals surface area contributed by atoms with Gasteiger partial charge >= 0.3 is 0 Å². The van der Waals surface area contributed by atoms with Crippen LogP contribution in [0.1, 0.15) is 51.8 Å². The molecule has 1 aromatic heterocycles. The van der Waals surface area contributed by atoms with Gasteiger partial charge in [0.2, 0.25) is 15.9 Å². The zero-order valence-corrected chi connectivity index (χ0v) is 18.3. The summed E-state index contributed by atoms with van der Waals surface area (Å²) >= 11 is 0. The number of carbonyl (C=O) groups excluding carboxylic acids is 1. The highest BCUT2D eigenvalue weighted by Gasteiger charge is 2.19. The lowest BCUT2D eigenvalue weighted by Crippen LogP contribution is -2.32. The molecule has 0 aliphatic heterocycles. The Kier molecular flexibility index (Phi) is 7.60. The summed E-state index contributed by atoms with van der Waals surface area (Å²) < 4.78 is 27.7. The first-order chi connectivity index (χ1) is 13.2. The molecule has 0 bridgehead atoms. The molecule has 0 fully saturated rings. The van der Waals surface area contributed by atoms with E-state index in [1.165, 1.54) is 31.2 Å². The lowest BCUT2D eigenvalue weighted by Gasteiger charge is -2.13. The molecule has 0 spiro atoms. The number of benzene rings is 1. The van der Waals surface area contributed by atoms with E-state index in [0.717, 1.165) is 24.2 Å². The van der Waals surface area contributed by atoms with Crippen molar-refractivity contribution in [3.8, 4) is 0 Å². The van der Waals surface area contributed by atoms with E-state index in [1.807, 2.05) is 18.5 Å². The summed E-state index contributed by atoms with van der Waals surface area (Å²) in [4.78, 5) is 17.0. The van der Waals surface area contributed by atoms with E-state index in [-0.39, 0.29) is 16.8 Å². The first-order valence-electron chi connectivity index (χ1n) is 9.84. The summed E-state index contributed by atoms with van der Waals surface area (Å²) in [6.07, 6.45) is 5.35. The number of rotatable bonds is 10. The number of fused-ring (bicyclic) bond motifs is 1. The van der Waals surface area contributed by atoms with Crippen molar-refractivity contribution in [1.82, 2.24) is 19.2 Å². The van der Waals surface area contributed by atoms with Crippen LogP contribution in [0.15, 0.2) is 23.1 Å². The molecule has 1 heterocycles. The first kappa shape index (κ1) is 22.4. The Morgan fingerprint density at radius 3 is 2.64 bits per heavy atom. The molecule has 0 saturated carbocycles. The predicted octanol–water partition coefficient (Wildman–Crippen LogP) is 2.84. The molecule has 156 valence electrons. The van der Waals surface area contributed by atoms with Crippen molar-refractivity contribution in [2.75, 3.05) is 14.1 Å². The predicted molar refractivity (Wildman–Crippen MR) is 112 cm³/mol. The summed E-state index contributed by atoms with van der Waals surface area (Å²) in [6, 6.07) is 5.12. The van der Waals surface area contributed by atoms with Crippen LogP contribution in [0.4, 0.5) is 0 Å². The molecule has 0 saturated heterocycles. The van der Waals surface area contributed by atoms with Gasteiger partial charge < -0.3 is 9.88 Å². The highest BCUT2D eigenvalue weighted by atomic mass is 32.2. The van der Waals surface area contributed by atoms with Gasteiger partial charge in [0, 0.05) is 40.0 Å². The van der Waals surface area contributed by atoms with E-state index in [1.54, 1.807) is 18.2 Å². The summed E-state index contributed by atoms with van der Waals surface area (Å²) in [6.45, 7) is 4.20. The van der Waals surface area contributed by atoms with Gasteiger partial charge in [0.15, 0.2) is 0 Å². The number of amides is 1. The topological polar surface area (TPSA) is 84.3 Å². The van der Waals surface area contributed by atoms with Crippen LogP contribution in [0.2, 0.25) is 0 Å². The van der Waals surface area contributed by atoms with Gasteiger partial charge in [0.25, 0.3) is 0 Å². The Bertz CT molecular complexity index is 919. The molecule has 1 N–H and O–H groups in total. The van der Waals surface area contributed by atoms with Gasteiger partial charge in [-0.25, -0.2) is 17.7 Å². The molecule has 0 aliphatic carbocycles. The van der Waals surface area contributed by atoms with E-state index in [9.17, 15) is 13.2 Å². The second-order valence-corrected chi connectivity index (χ2v) is 9.64. The van der Waals surface area contributed by atoms with Gasteiger partial charge in [0.1, 0.15) is 5.82 Å². The maximum Gasteiger partial charge on any atom is 0.242 e. The second-order valence-electron chi connectivity index (χ2n) is 7.49. The Hall–Kier alpha value is -1.93. The van der Waals surface area contributed by atoms with Gasteiger partial charge in [-0.15, -0.1) is 0 Å². The van der Waals surface area contributed by atoms with Crippen LogP contribution in [0.3, 0.4) is 0 Å². The third kappa shape index (κ3) is 5.32. The smallest absolute Gasteiger partial charge is 0.242 e. The number of hydrogen-bond donors (Lipinski definition) is 1. The van der Waals surface area contributed by atoms with Gasteiger partial charge in [-0.2, -0.15) is 0 Å². The molecule has 1 amide bonds. The van der Waals surface area contributed by atoms with Crippen LogP contribution in [0, 0.1) is 0 Å². The Balaban J connectivity index is 2.05. The summed E-state index contributed by atoms with van der Waals surface area (Å²) in [5, 5.41) is 3.04. The maximum absolute atomic E-state index is 12.3. The van der Waals surface area contributed by atoms with E-state index in [4.69, 9.17) is 0 Å². The molecule has 8 heteroatoms. The molecule has 2 aromatic rings. The number of aromatic nitrogens is 2. The molecule has 1 aromatic carbocycles. The fourth-order valence-electron chi connectivity index (χ4n) is 3.17. The van der Waals surface area contributed by atoms with Crippen molar-refractivity contribution in [3.63, 3.8) is 0 Å². The zero-order valence-electron chi connectivity index (χ0n) is 17.5. The van der Waals surface area contributed by atoms with Crippen LogP contribution in [-0.4, -0.2) is 48.3 Å². The van der Waals surface area contributed by atoms with Crippen molar-refractivity contribution < 1.29 is 13.2 Å². The van der Waals surface area contributed by atoms with Crippen LogP contribution in [0.5, 0.6) is 0 Å². The molecule has 0 aliphatic rings. The Morgan fingerprint density at radius 2 is 2.00 bits per heavy atom. The minimum atomic E-state index is -3.50. The monoisotopic (exact) mass is 408 g/mol. The highest BCUT2D eigenvalue weighted by molar-refractivity contribution is 7.89. The number of nitrogens with one attached hydrogen (secondary N) is 1. The van der Waals surface area contributed by atoms with Gasteiger partial charge in [-0.05, 0) is 31.5 Å². The summed E-state index contributed by atoms with van der Waals surface area (Å²) in [5.41, 5.74) is 1.47. The van der Waals surface area contributed by atoms with Gasteiger partial charge in [-0.3, -0.25) is 4.79 Å². The third-order valence-corrected chi connectivity index (χ3v) is 6.76. The number of carbonyl (C=O) groups is 1. The number of aryl methyl sites for hydroxylation is 2. The van der Waals surface area contributed by atoms with Crippen LogP contribution < -0.4 is 5.32 Å². The van der Waals surface area contributed by atoms with Crippen LogP contribution >= 0.6 is 0 Å². The second kappa shape index (κ2) is 9.52. The van der Waals surface area contributed by atoms with E-state index >= 15 is 0 Å². The average molecular weight is 409 g/mol. The van der Waals surface area contributed by atoms with Crippen molar-refractivity contribution in [1.29, 1.82) is 0 Å². The molecule has 7 nitrogen and oxygen atoms in total. The lowest BCUT2D eigenvalue weighted by molar-refractivity contribution is -0.121. The Labute approximate surface area is 168 Å². The standard InChI is InChI=1S/C20H32N4O3S/c1-6-7-8-9-15(2)21-20(25)13-12-19-22-17-14-16(28(26,27)23(3)4)10-11-18(17)24(19)5/h10-11,14-15H,6-9,12-13H2,1-5H3,(H,21,25)/t15-/m0/s1.